The smallest absolute Gasteiger partial charge is 0.0673 e. The Morgan fingerprint density at radius 3 is 0.803 bits per heavy atom. The number of allylic oxidation sites excluding steroid dienone is 1. The van der Waals surface area contributed by atoms with Crippen molar-refractivity contribution in [1.82, 2.24) is 0 Å². The molecular formula is C126H216O6. The van der Waals surface area contributed by atoms with Crippen LogP contribution in [0.25, 0.3) is 0 Å². The number of hydrogen-bond donors (Lipinski definition) is 0. The average molecular weight is 1830 g/mol. The summed E-state index contributed by atoms with van der Waals surface area (Å²) in [7, 11) is 11.6. The lowest BCUT2D eigenvalue weighted by atomic mass is 9.32. The zero-order chi connectivity index (χ0) is 96.1. The topological polar surface area (TPSA) is 55.4 Å². The van der Waals surface area contributed by atoms with Gasteiger partial charge in [0.15, 0.2) is 0 Å². The van der Waals surface area contributed by atoms with Crippen molar-refractivity contribution in [1.29, 1.82) is 0 Å². The van der Waals surface area contributed by atoms with Crippen molar-refractivity contribution >= 4 is 0 Å². The van der Waals surface area contributed by atoms with Gasteiger partial charge in [0.2, 0.25) is 0 Å². The predicted octanol–water partition coefficient (Wildman–Crippen LogP) is 34.1. The second-order valence-corrected chi connectivity index (χ2v) is 61.0. The van der Waals surface area contributed by atoms with Gasteiger partial charge in [0.05, 0.1) is 31.0 Å². The highest BCUT2D eigenvalue weighted by molar-refractivity contribution is 5.28. The summed E-state index contributed by atoms with van der Waals surface area (Å²) >= 11 is 0. The molecule has 0 saturated heterocycles. The minimum absolute atomic E-state index is 0.278. The largest absolute Gasteiger partial charge is 0.384 e. The van der Waals surface area contributed by atoms with Gasteiger partial charge in [-0.1, -0.05) is 206 Å². The molecule has 21 unspecified atom stereocenters. The summed E-state index contributed by atoms with van der Waals surface area (Å²) in [5, 5.41) is 0. The third-order valence-corrected chi connectivity index (χ3v) is 55.9. The van der Waals surface area contributed by atoms with Crippen LogP contribution in [0.5, 0.6) is 0 Å². The summed E-state index contributed by atoms with van der Waals surface area (Å²) in [5.74, 6) is 18.7. The third kappa shape index (κ3) is 14.3. The van der Waals surface area contributed by atoms with Crippen LogP contribution < -0.4 is 0 Å². The Labute approximate surface area is 817 Å². The van der Waals surface area contributed by atoms with Crippen LogP contribution in [0.4, 0.5) is 0 Å². The van der Waals surface area contributed by atoms with E-state index in [0.717, 1.165) is 132 Å². The molecule has 20 aliphatic carbocycles. The number of fused-ring (bicyclic) bond motifs is 28. The molecule has 132 heavy (non-hydrogen) atoms. The van der Waals surface area contributed by atoms with Crippen LogP contribution in [0.2, 0.25) is 0 Å². The number of hydrogen-bond acceptors (Lipinski definition) is 6. The average Bonchev–Trinajstić information content (AvgIpc) is 1.13. The van der Waals surface area contributed by atoms with Crippen LogP contribution in [-0.4, -0.2) is 80.3 Å². The van der Waals surface area contributed by atoms with E-state index in [4.69, 9.17) is 28.4 Å². The van der Waals surface area contributed by atoms with Crippen molar-refractivity contribution in [2.75, 3.05) is 55.9 Å². The van der Waals surface area contributed by atoms with Crippen LogP contribution >= 0.6 is 0 Å². The maximum atomic E-state index is 6.07. The molecule has 0 N–H and O–H groups in total. The molecule has 41 atom stereocenters. The standard InChI is InChI=1S/C32H56O2.C32H54O2.C31H54O.C31H52O/c2*1-21(20-33-8)22-12-15-29(4)18-19-31(6)23(27(22)29)10-11-25-30(5)16-14-26(34-9)28(2,3)24(30)13-17-32(25,31)7;2*1-20(2)21-12-15-28(5)18-19-30(7)22(26(21)28)10-11-24-29(6)16-14-25(32-9)27(3,4)23(29)13-17-31(24,30)8/h21-27H,10-20H2,1-9H3;22-27H,1,10-20H2,2-9H3;20-26H,10-19H2,1-9H3;21-26H,1,10-19H2,2-9H3/t21?,22-,23?,24?,25?,26?,27?,29+,30-,31+,32+;22-,23?,24?,25?,26?,27?,29+,30-,31+,32+;2*21-,22?,23?,24?,25?,26?,28+,29-,30+,31+/m0000/s1. The molecule has 6 nitrogen and oxygen atoms in total. The molecule has 20 fully saturated rings. The second kappa shape index (κ2) is 34.5. The van der Waals surface area contributed by atoms with Crippen molar-refractivity contribution in [3.05, 3.63) is 24.3 Å². The van der Waals surface area contributed by atoms with Crippen molar-refractivity contribution in [3.8, 4) is 0 Å². The van der Waals surface area contributed by atoms with E-state index in [-0.39, 0.29) is 10.8 Å². The van der Waals surface area contributed by atoms with Crippen molar-refractivity contribution in [2.24, 2.45) is 238 Å². The van der Waals surface area contributed by atoms with E-state index in [0.29, 0.717) is 134 Å². The predicted molar refractivity (Wildman–Crippen MR) is 554 cm³/mol. The van der Waals surface area contributed by atoms with E-state index in [2.05, 4.69) is 207 Å². The van der Waals surface area contributed by atoms with Crippen LogP contribution in [-0.2, 0) is 28.4 Å². The molecule has 0 bridgehead atoms. The van der Waals surface area contributed by atoms with Crippen LogP contribution in [0.15, 0.2) is 24.3 Å². The van der Waals surface area contributed by atoms with Crippen molar-refractivity contribution in [3.63, 3.8) is 0 Å². The Balaban J connectivity index is 0.000000123. The molecule has 20 rings (SSSR count). The summed E-state index contributed by atoms with van der Waals surface area (Å²) in [5.41, 5.74) is 12.1. The fourth-order valence-electron chi connectivity index (χ4n) is 48.5. The SMILES string of the molecule is C=C(C)[C@@H]1CC[C@]2(C)CC[C@]3(C)C(CCC4[C@@]5(C)CCC(OC)C(C)(C)C5CC[C@]43C)C12.C=C(COC)[C@@H]1CC[C@]2(C)CC[C@]3(C)C(CCC4[C@@]5(C)CCC(OC)C(C)(C)C5CC[C@]43C)C12.COC1CC[C@@]2(C)C(CC[C@]3(C)C2CCC2C4[C@H](C(C)C)CC[C@]4(C)CC[C@]23C)C1(C)C.COCC(C)[C@@H]1CC[C@]2(C)CC[C@]3(C)C(CCC4[C@@]5(C)CCC(OC)C(C)(C)C5CC[C@]43C)C12. The molecule has 20 aliphatic rings. The van der Waals surface area contributed by atoms with Gasteiger partial charge < -0.3 is 28.4 Å². The monoisotopic (exact) mass is 1830 g/mol. The summed E-state index contributed by atoms with van der Waals surface area (Å²) in [4.78, 5) is 0. The van der Waals surface area contributed by atoms with E-state index in [1.54, 1.807) is 0 Å². The highest BCUT2D eigenvalue weighted by atomic mass is 16.5. The molecule has 6 heteroatoms. The van der Waals surface area contributed by atoms with Crippen molar-refractivity contribution < 1.29 is 28.4 Å². The van der Waals surface area contributed by atoms with E-state index in [1.807, 2.05) is 42.7 Å². The molecular weight excluding hydrogens is 1610 g/mol. The molecule has 0 aromatic rings. The Morgan fingerprint density at radius 2 is 0.523 bits per heavy atom. The number of ether oxygens (including phenoxy) is 6. The highest BCUT2D eigenvalue weighted by Gasteiger charge is 2.77. The lowest BCUT2D eigenvalue weighted by Gasteiger charge is -2.73. The molecule has 0 aliphatic heterocycles. The summed E-state index contributed by atoms with van der Waals surface area (Å²) in [6.45, 7) is 84.7. The third-order valence-electron chi connectivity index (χ3n) is 55.9. The van der Waals surface area contributed by atoms with Gasteiger partial charge >= 0.3 is 0 Å². The Hall–Kier alpha value is -0.760. The zero-order valence-electron chi connectivity index (χ0n) is 93.6. The van der Waals surface area contributed by atoms with Gasteiger partial charge in [-0.05, 0) is 508 Å². The van der Waals surface area contributed by atoms with Gasteiger partial charge in [-0.3, -0.25) is 0 Å². The lowest BCUT2D eigenvalue weighted by molar-refractivity contribution is -0.250. The zero-order valence-corrected chi connectivity index (χ0v) is 93.6. The fourth-order valence-corrected chi connectivity index (χ4v) is 48.5. The van der Waals surface area contributed by atoms with E-state index in [1.165, 1.54) is 268 Å². The van der Waals surface area contributed by atoms with Crippen molar-refractivity contribution in [2.45, 2.75) is 475 Å². The molecule has 0 radical (unpaired) electrons. The van der Waals surface area contributed by atoms with Crippen LogP contribution in [0.1, 0.15) is 451 Å². The van der Waals surface area contributed by atoms with Crippen LogP contribution in [0, 0.1) is 238 Å². The maximum absolute atomic E-state index is 6.07. The van der Waals surface area contributed by atoms with Gasteiger partial charge in [-0.15, -0.1) is 0 Å². The molecule has 0 amide bonds. The molecule has 0 aromatic heterocycles. The van der Waals surface area contributed by atoms with E-state index >= 15 is 0 Å². The van der Waals surface area contributed by atoms with Gasteiger partial charge in [-0.2, -0.15) is 0 Å². The Kier molecular flexibility index (Phi) is 26.8. The fraction of sp³-hybridized carbons (Fsp3) is 0.968. The first-order chi connectivity index (χ1) is 61.5. The minimum Gasteiger partial charge on any atom is -0.384 e. The van der Waals surface area contributed by atoms with Gasteiger partial charge in [0, 0.05) is 49.3 Å². The number of methoxy groups -OCH3 is 6. The summed E-state index contributed by atoms with van der Waals surface area (Å²) in [6.07, 6.45) is 58.5. The highest BCUT2D eigenvalue weighted by Crippen LogP contribution is 2.85. The Morgan fingerprint density at radius 1 is 0.258 bits per heavy atom. The first kappa shape index (κ1) is 103. The van der Waals surface area contributed by atoms with Gasteiger partial charge in [0.25, 0.3) is 0 Å². The first-order valence-corrected chi connectivity index (χ1v) is 57.9. The second-order valence-electron chi connectivity index (χ2n) is 61.0. The quantitative estimate of drug-likeness (QED) is 0.182. The normalized spacial score (nSPS) is 55.5. The number of rotatable bonds is 12. The van der Waals surface area contributed by atoms with Crippen LogP contribution in [0.3, 0.4) is 0 Å². The van der Waals surface area contributed by atoms with Gasteiger partial charge in [-0.25, -0.2) is 0 Å². The maximum Gasteiger partial charge on any atom is 0.0673 e. The van der Waals surface area contributed by atoms with E-state index in [9.17, 15) is 0 Å². The molecule has 20 saturated carbocycles. The lowest BCUT2D eigenvalue weighted by Crippen LogP contribution is -2.66. The first-order valence-electron chi connectivity index (χ1n) is 57.9. The van der Waals surface area contributed by atoms with Gasteiger partial charge in [0.1, 0.15) is 0 Å². The Bertz CT molecular complexity index is 4140. The molecule has 0 heterocycles. The summed E-state index contributed by atoms with van der Waals surface area (Å²) in [6, 6.07) is 0. The minimum atomic E-state index is 0.278. The molecule has 756 valence electrons. The molecule has 0 aromatic carbocycles. The summed E-state index contributed by atoms with van der Waals surface area (Å²) < 4.78 is 35.5. The molecule has 0 spiro atoms. The van der Waals surface area contributed by atoms with E-state index < -0.39 is 0 Å².